The van der Waals surface area contributed by atoms with Crippen LogP contribution in [0.5, 0.6) is 5.88 Å². The third kappa shape index (κ3) is 7.07. The average molecular weight is 495 g/mol. The van der Waals surface area contributed by atoms with Gasteiger partial charge < -0.3 is 21.4 Å². The van der Waals surface area contributed by atoms with Gasteiger partial charge in [-0.15, -0.1) is 0 Å². The van der Waals surface area contributed by atoms with E-state index in [1.807, 2.05) is 32.2 Å². The largest absolute Gasteiger partial charge is 0.576 e. The van der Waals surface area contributed by atoms with E-state index in [0.29, 0.717) is 21.7 Å². The number of benzene rings is 1. The first-order chi connectivity index (χ1) is 13.0. The zero-order valence-corrected chi connectivity index (χ0v) is 19.9. The molecule has 0 bridgehead atoms. The summed E-state index contributed by atoms with van der Waals surface area (Å²) in [5.41, 5.74) is 2.19. The maximum atomic E-state index is 10.5. The van der Waals surface area contributed by atoms with Gasteiger partial charge in [0.05, 0.1) is 21.8 Å². The summed E-state index contributed by atoms with van der Waals surface area (Å²) in [5, 5.41) is 7.26. The summed E-state index contributed by atoms with van der Waals surface area (Å²) in [7, 11) is 1.87. The van der Waals surface area contributed by atoms with Crippen LogP contribution in [0.3, 0.4) is 0 Å². The van der Waals surface area contributed by atoms with Crippen LogP contribution in [0.15, 0.2) is 30.5 Å². The number of carbonyl (C=O) groups is 1. The topological polar surface area (TPSA) is 113 Å². The van der Waals surface area contributed by atoms with Gasteiger partial charge in [0.15, 0.2) is 11.4 Å². The smallest absolute Gasteiger partial charge is 0.203 e. The second-order valence-corrected chi connectivity index (χ2v) is 6.70. The molecule has 11 heteroatoms. The summed E-state index contributed by atoms with van der Waals surface area (Å²) in [6.45, 7) is 3.71. The Bertz CT molecular complexity index is 904. The van der Waals surface area contributed by atoms with Crippen molar-refractivity contribution in [3.63, 3.8) is 0 Å². The Balaban J connectivity index is 0.000000307. The predicted molar refractivity (Wildman–Crippen MR) is 108 cm³/mol. The van der Waals surface area contributed by atoms with Crippen LogP contribution in [0, 0.1) is 13.8 Å². The zero-order chi connectivity index (χ0) is 19.8. The molecule has 0 aliphatic carbocycles. The van der Waals surface area contributed by atoms with Gasteiger partial charge in [-0.1, -0.05) is 35.1 Å². The molecule has 0 atom stereocenters. The van der Waals surface area contributed by atoms with E-state index >= 15 is 0 Å². The number of carbonyl (C=O) groups excluding carboxylic acids is 1. The van der Waals surface area contributed by atoms with E-state index in [0.717, 1.165) is 17.0 Å². The Morgan fingerprint density at radius 2 is 2.04 bits per heavy atom. The van der Waals surface area contributed by atoms with Gasteiger partial charge in [-0.05, 0) is 25.5 Å². The molecule has 2 aromatic heterocycles. The molecule has 8 nitrogen and oxygen atoms in total. The molecule has 0 saturated carbocycles. The van der Waals surface area contributed by atoms with Gasteiger partial charge in [0.2, 0.25) is 5.88 Å². The molecule has 3 N–H and O–H groups in total. The Labute approximate surface area is 197 Å². The molecule has 0 saturated heterocycles. The Hall–Kier alpha value is -1.65. The fourth-order valence-corrected chi connectivity index (χ4v) is 3.07. The standard InChI is InChI=1S/C9H8N5O2S.C8H10ClN.Y/c1-5-12-7(2-8(13-5)16-10)14-9-11-3-6(4-15)17-9;1-6-4-3-5-7(9)8(6)10-2;/h2-4,10H,1H3,(H,11,12,13,14);3-5,10H,1-2H3;/q-1;;. The number of nitrogens with one attached hydrogen (secondary N) is 3. The number of hydrogen-bond donors (Lipinski definition) is 2. The van der Waals surface area contributed by atoms with Crippen LogP contribution >= 0.6 is 22.9 Å². The summed E-state index contributed by atoms with van der Waals surface area (Å²) in [6, 6.07) is 7.32. The van der Waals surface area contributed by atoms with E-state index < -0.39 is 0 Å². The molecule has 0 aliphatic heterocycles. The van der Waals surface area contributed by atoms with Gasteiger partial charge in [-0.2, -0.15) is 4.98 Å². The molecule has 0 unspecified atom stereocenters. The monoisotopic (exact) mass is 494 g/mol. The first-order valence-electron chi connectivity index (χ1n) is 7.77. The van der Waals surface area contributed by atoms with Crippen LogP contribution in [-0.2, 0) is 32.7 Å². The van der Waals surface area contributed by atoms with Crippen LogP contribution in [0.1, 0.15) is 21.1 Å². The maximum absolute atomic E-state index is 10.5. The molecule has 0 amide bonds. The molecule has 3 rings (SSSR count). The molecular weight excluding hydrogens is 477 g/mol. The van der Waals surface area contributed by atoms with Crippen molar-refractivity contribution in [1.82, 2.24) is 15.0 Å². The third-order valence-corrected chi connectivity index (χ3v) is 4.42. The summed E-state index contributed by atoms with van der Waals surface area (Å²) in [6.07, 6.45) is 2.20. The van der Waals surface area contributed by atoms with Crippen molar-refractivity contribution in [3.8, 4) is 5.88 Å². The van der Waals surface area contributed by atoms with Crippen LogP contribution < -0.4 is 15.5 Å². The quantitative estimate of drug-likeness (QED) is 0.386. The molecule has 0 spiro atoms. The molecule has 0 fully saturated rings. The fourth-order valence-electron chi connectivity index (χ4n) is 2.11. The minimum absolute atomic E-state index is 0. The minimum atomic E-state index is 0. The number of thiazole rings is 1. The van der Waals surface area contributed by atoms with E-state index in [1.54, 1.807) is 6.92 Å². The van der Waals surface area contributed by atoms with Crippen LogP contribution in [0.25, 0.3) is 5.90 Å². The molecule has 2 heterocycles. The molecule has 145 valence electrons. The van der Waals surface area contributed by atoms with Crippen LogP contribution in [0.2, 0.25) is 5.02 Å². The Kier molecular flexibility index (Phi) is 10.5. The van der Waals surface area contributed by atoms with Crippen molar-refractivity contribution in [1.29, 1.82) is 0 Å². The van der Waals surface area contributed by atoms with Gasteiger partial charge in [-0.3, -0.25) is 4.79 Å². The maximum Gasteiger partial charge on any atom is 0.203 e. The van der Waals surface area contributed by atoms with E-state index in [4.69, 9.17) is 17.5 Å². The minimum Gasteiger partial charge on any atom is -0.576 e. The van der Waals surface area contributed by atoms with Crippen molar-refractivity contribution in [2.75, 3.05) is 17.7 Å². The van der Waals surface area contributed by atoms with Crippen molar-refractivity contribution < 1.29 is 42.3 Å². The van der Waals surface area contributed by atoms with Crippen molar-refractivity contribution in [3.05, 3.63) is 57.6 Å². The number of para-hydroxylation sites is 1. The number of anilines is 3. The van der Waals surface area contributed by atoms with Gasteiger partial charge in [0, 0.05) is 45.8 Å². The van der Waals surface area contributed by atoms with Gasteiger partial charge >= 0.3 is 0 Å². The number of hydrogen-bond acceptors (Lipinski definition) is 8. The molecule has 1 aromatic carbocycles. The van der Waals surface area contributed by atoms with Crippen LogP contribution in [-0.4, -0.2) is 28.3 Å². The first kappa shape index (κ1) is 24.4. The third-order valence-electron chi connectivity index (χ3n) is 3.27. The predicted octanol–water partition coefficient (Wildman–Crippen LogP) is 4.83. The van der Waals surface area contributed by atoms with Crippen molar-refractivity contribution >= 4 is 45.9 Å². The SMILES string of the molecule is CNc1c(C)cccc1Cl.Cc1nc(Nc2ncc(C=O)s2)cc(O[NH-])n1.[Y]. The Morgan fingerprint density at radius 1 is 1.29 bits per heavy atom. The van der Waals surface area contributed by atoms with Crippen molar-refractivity contribution in [2.45, 2.75) is 13.8 Å². The van der Waals surface area contributed by atoms with Gasteiger partial charge in [0.25, 0.3) is 0 Å². The molecule has 0 aliphatic rings. The molecule has 3 aromatic rings. The number of aromatic nitrogens is 3. The van der Waals surface area contributed by atoms with E-state index in [9.17, 15) is 4.79 Å². The number of aryl methyl sites for hydroxylation is 2. The van der Waals surface area contributed by atoms with Crippen LogP contribution in [0.4, 0.5) is 16.6 Å². The van der Waals surface area contributed by atoms with E-state index in [1.165, 1.54) is 29.2 Å². The van der Waals surface area contributed by atoms with Gasteiger partial charge in [-0.25, -0.2) is 9.97 Å². The number of aldehydes is 1. The Morgan fingerprint density at radius 3 is 2.57 bits per heavy atom. The molecule has 28 heavy (non-hydrogen) atoms. The second-order valence-electron chi connectivity index (χ2n) is 5.23. The normalized spacial score (nSPS) is 9.46. The summed E-state index contributed by atoms with van der Waals surface area (Å²) in [5.74, 6) is 7.86. The number of halogens is 1. The molecular formula is C17H18ClN6O2SY-. The molecule has 1 radical (unpaired) electrons. The average Bonchev–Trinajstić information content (AvgIpc) is 3.09. The summed E-state index contributed by atoms with van der Waals surface area (Å²) >= 11 is 7.08. The number of nitrogens with zero attached hydrogens (tertiary/aromatic N) is 3. The van der Waals surface area contributed by atoms with Crippen molar-refractivity contribution in [2.24, 2.45) is 0 Å². The second kappa shape index (κ2) is 12.0. The summed E-state index contributed by atoms with van der Waals surface area (Å²) < 4.78 is 0. The number of rotatable bonds is 5. The van der Waals surface area contributed by atoms with Gasteiger partial charge in [0.1, 0.15) is 11.6 Å². The first-order valence-corrected chi connectivity index (χ1v) is 8.96. The van der Waals surface area contributed by atoms with E-state index in [2.05, 4.69) is 30.4 Å². The fraction of sp³-hybridized carbons (Fsp3) is 0.176. The van der Waals surface area contributed by atoms with E-state index in [-0.39, 0.29) is 38.6 Å². The summed E-state index contributed by atoms with van der Waals surface area (Å²) in [4.78, 5) is 27.3. The zero-order valence-electron chi connectivity index (χ0n) is 15.5.